The van der Waals surface area contributed by atoms with Gasteiger partial charge in [-0.2, -0.15) is 5.26 Å². The van der Waals surface area contributed by atoms with Gasteiger partial charge in [0, 0.05) is 6.54 Å². The summed E-state index contributed by atoms with van der Waals surface area (Å²) in [5.41, 5.74) is 0.467. The molecule has 2 rings (SSSR count). The van der Waals surface area contributed by atoms with Gasteiger partial charge in [-0.1, -0.05) is 13.0 Å². The molecule has 1 unspecified atom stereocenters. The Balaban J connectivity index is 2.29. The molecule has 112 valence electrons. The van der Waals surface area contributed by atoms with Crippen LogP contribution in [0.25, 0.3) is 0 Å². The molecule has 0 aromatic heterocycles. The lowest BCUT2D eigenvalue weighted by Crippen LogP contribution is -2.47. The molecule has 2 N–H and O–H groups in total. The largest absolute Gasteiger partial charge is 0.495 e. The second-order valence-electron chi connectivity index (χ2n) is 5.36. The number of ether oxygens (including phenoxy) is 1. The van der Waals surface area contributed by atoms with Crippen LogP contribution in [0.5, 0.6) is 5.75 Å². The van der Waals surface area contributed by atoms with Gasteiger partial charge < -0.3 is 15.4 Å². The maximum atomic E-state index is 12.7. The fourth-order valence-corrected chi connectivity index (χ4v) is 2.79. The summed E-state index contributed by atoms with van der Waals surface area (Å²) in [6.07, 6.45) is 2.61. The Morgan fingerprint density at radius 3 is 2.95 bits per heavy atom. The summed E-state index contributed by atoms with van der Waals surface area (Å²) >= 11 is 0. The van der Waals surface area contributed by atoms with Crippen molar-refractivity contribution in [1.82, 2.24) is 5.32 Å². The number of carbonyl (C=O) groups excluding carboxylic acids is 1. The smallest absolute Gasteiger partial charge is 0.232 e. The number of anilines is 1. The molecule has 1 aromatic rings. The molecule has 5 heteroatoms. The van der Waals surface area contributed by atoms with E-state index in [0.29, 0.717) is 23.5 Å². The molecule has 1 aromatic carbocycles. The van der Waals surface area contributed by atoms with E-state index in [1.54, 1.807) is 18.2 Å². The van der Waals surface area contributed by atoms with Crippen LogP contribution >= 0.6 is 0 Å². The number of benzene rings is 1. The van der Waals surface area contributed by atoms with Crippen molar-refractivity contribution in [1.29, 1.82) is 5.26 Å². The average Bonchev–Trinajstić information content (AvgIpc) is 2.55. The third-order valence-electron chi connectivity index (χ3n) is 4.24. The van der Waals surface area contributed by atoms with Gasteiger partial charge in [0.1, 0.15) is 17.5 Å². The highest BCUT2D eigenvalue weighted by Crippen LogP contribution is 2.34. The topological polar surface area (TPSA) is 74.2 Å². The number of hydrogen-bond donors (Lipinski definition) is 2. The molecule has 1 saturated heterocycles. The van der Waals surface area contributed by atoms with Crippen LogP contribution in [0.4, 0.5) is 5.69 Å². The SMILES string of the molecule is CCC1(C(=O)Nc2c(C#N)cccc2OC)CCCNC1. The number of amides is 1. The van der Waals surface area contributed by atoms with E-state index in [0.717, 1.165) is 25.8 Å². The van der Waals surface area contributed by atoms with E-state index in [-0.39, 0.29) is 5.91 Å². The molecule has 1 fully saturated rings. The first-order chi connectivity index (χ1) is 10.2. The van der Waals surface area contributed by atoms with Gasteiger partial charge in [0.2, 0.25) is 5.91 Å². The molecule has 1 amide bonds. The van der Waals surface area contributed by atoms with Crippen molar-refractivity contribution in [2.24, 2.45) is 5.41 Å². The van der Waals surface area contributed by atoms with Crippen molar-refractivity contribution in [3.63, 3.8) is 0 Å². The van der Waals surface area contributed by atoms with Crippen molar-refractivity contribution in [2.75, 3.05) is 25.5 Å². The van der Waals surface area contributed by atoms with E-state index < -0.39 is 5.41 Å². The Labute approximate surface area is 125 Å². The molecule has 0 spiro atoms. The Kier molecular flexibility index (Phi) is 4.81. The summed E-state index contributed by atoms with van der Waals surface area (Å²) in [6, 6.07) is 7.26. The zero-order valence-electron chi connectivity index (χ0n) is 12.5. The third-order valence-corrected chi connectivity index (χ3v) is 4.24. The number of methoxy groups -OCH3 is 1. The van der Waals surface area contributed by atoms with Crippen molar-refractivity contribution < 1.29 is 9.53 Å². The average molecular weight is 287 g/mol. The molecule has 1 heterocycles. The molecule has 1 aliphatic rings. The number of carbonyl (C=O) groups is 1. The highest BCUT2D eigenvalue weighted by molar-refractivity contribution is 5.98. The quantitative estimate of drug-likeness (QED) is 0.891. The minimum atomic E-state index is -0.411. The van der Waals surface area contributed by atoms with Gasteiger partial charge in [0.15, 0.2) is 0 Å². The van der Waals surface area contributed by atoms with Gasteiger partial charge in [0.05, 0.1) is 18.1 Å². The first-order valence-electron chi connectivity index (χ1n) is 7.26. The fraction of sp³-hybridized carbons (Fsp3) is 0.500. The lowest BCUT2D eigenvalue weighted by atomic mass is 9.77. The number of nitriles is 1. The predicted molar refractivity (Wildman–Crippen MR) is 81.2 cm³/mol. The maximum absolute atomic E-state index is 12.7. The molecule has 1 atom stereocenters. The van der Waals surface area contributed by atoms with E-state index in [4.69, 9.17) is 4.74 Å². The number of piperidine rings is 1. The lowest BCUT2D eigenvalue weighted by Gasteiger charge is -2.35. The van der Waals surface area contributed by atoms with Gasteiger partial charge in [-0.25, -0.2) is 0 Å². The predicted octanol–water partition coefficient (Wildman–Crippen LogP) is 2.29. The Hall–Kier alpha value is -2.06. The minimum absolute atomic E-state index is 0.0433. The van der Waals surface area contributed by atoms with Gasteiger partial charge in [0.25, 0.3) is 0 Å². The van der Waals surface area contributed by atoms with Crippen LogP contribution < -0.4 is 15.4 Å². The number of para-hydroxylation sites is 1. The Bertz CT molecular complexity index is 557. The monoisotopic (exact) mass is 287 g/mol. The summed E-state index contributed by atoms with van der Waals surface area (Å²) in [7, 11) is 1.53. The normalized spacial score (nSPS) is 21.4. The van der Waals surface area contributed by atoms with E-state index >= 15 is 0 Å². The molecule has 0 aliphatic carbocycles. The van der Waals surface area contributed by atoms with Crippen LogP contribution in [-0.2, 0) is 4.79 Å². The van der Waals surface area contributed by atoms with E-state index in [1.165, 1.54) is 7.11 Å². The van der Waals surface area contributed by atoms with Crippen molar-refractivity contribution >= 4 is 11.6 Å². The van der Waals surface area contributed by atoms with Crippen LogP contribution in [0.2, 0.25) is 0 Å². The third kappa shape index (κ3) is 3.01. The van der Waals surface area contributed by atoms with Crippen molar-refractivity contribution in [3.8, 4) is 11.8 Å². The van der Waals surface area contributed by atoms with Crippen LogP contribution in [0.1, 0.15) is 31.7 Å². The van der Waals surface area contributed by atoms with E-state index in [9.17, 15) is 10.1 Å². The summed E-state index contributed by atoms with van der Waals surface area (Å²) in [6.45, 7) is 3.65. The number of hydrogen-bond acceptors (Lipinski definition) is 4. The molecule has 0 radical (unpaired) electrons. The molecule has 0 saturated carbocycles. The van der Waals surface area contributed by atoms with Crippen LogP contribution in [0.3, 0.4) is 0 Å². The highest BCUT2D eigenvalue weighted by atomic mass is 16.5. The second kappa shape index (κ2) is 6.59. The zero-order chi connectivity index (χ0) is 15.3. The van der Waals surface area contributed by atoms with Gasteiger partial charge >= 0.3 is 0 Å². The first-order valence-corrected chi connectivity index (χ1v) is 7.26. The summed E-state index contributed by atoms with van der Waals surface area (Å²) in [5, 5.41) is 15.4. The zero-order valence-corrected chi connectivity index (χ0v) is 12.5. The van der Waals surface area contributed by atoms with Crippen LogP contribution in [-0.4, -0.2) is 26.1 Å². The number of nitrogens with one attached hydrogen (secondary N) is 2. The summed E-state index contributed by atoms with van der Waals surface area (Å²) < 4.78 is 5.26. The Morgan fingerprint density at radius 1 is 1.57 bits per heavy atom. The van der Waals surface area contributed by atoms with Gasteiger partial charge in [-0.05, 0) is 37.9 Å². The number of rotatable bonds is 4. The number of nitrogens with zero attached hydrogens (tertiary/aromatic N) is 1. The van der Waals surface area contributed by atoms with Gasteiger partial charge in [-0.3, -0.25) is 4.79 Å². The fourth-order valence-electron chi connectivity index (χ4n) is 2.79. The van der Waals surface area contributed by atoms with E-state index in [2.05, 4.69) is 16.7 Å². The molecule has 1 aliphatic heterocycles. The highest BCUT2D eigenvalue weighted by Gasteiger charge is 2.38. The maximum Gasteiger partial charge on any atom is 0.232 e. The first kappa shape index (κ1) is 15.3. The van der Waals surface area contributed by atoms with Gasteiger partial charge in [-0.15, -0.1) is 0 Å². The Morgan fingerprint density at radius 2 is 2.38 bits per heavy atom. The van der Waals surface area contributed by atoms with Crippen LogP contribution in [0, 0.1) is 16.7 Å². The lowest BCUT2D eigenvalue weighted by molar-refractivity contribution is -0.126. The van der Waals surface area contributed by atoms with E-state index in [1.807, 2.05) is 6.92 Å². The van der Waals surface area contributed by atoms with Crippen molar-refractivity contribution in [2.45, 2.75) is 26.2 Å². The van der Waals surface area contributed by atoms with Crippen LogP contribution in [0.15, 0.2) is 18.2 Å². The summed E-state index contributed by atoms with van der Waals surface area (Å²) in [5.74, 6) is 0.468. The second-order valence-corrected chi connectivity index (χ2v) is 5.36. The molecule has 21 heavy (non-hydrogen) atoms. The van der Waals surface area contributed by atoms with Crippen molar-refractivity contribution in [3.05, 3.63) is 23.8 Å². The minimum Gasteiger partial charge on any atom is -0.495 e. The molecule has 5 nitrogen and oxygen atoms in total. The molecule has 0 bridgehead atoms. The molecular weight excluding hydrogens is 266 g/mol. The standard InChI is InChI=1S/C16H21N3O2/c1-3-16(8-5-9-18-11-16)15(20)19-14-12(10-17)6-4-7-13(14)21-2/h4,6-7,18H,3,5,8-9,11H2,1-2H3,(H,19,20). The molecular formula is C16H21N3O2. The summed E-state index contributed by atoms with van der Waals surface area (Å²) in [4.78, 5) is 12.7.